The fourth-order valence-electron chi connectivity index (χ4n) is 3.43. The van der Waals surface area contributed by atoms with Gasteiger partial charge in [0, 0.05) is 0 Å². The van der Waals surface area contributed by atoms with Crippen molar-refractivity contribution in [2.75, 3.05) is 20.8 Å². The summed E-state index contributed by atoms with van der Waals surface area (Å²) in [5, 5.41) is 3.09. The average molecular weight is 355 g/mol. The second-order valence-corrected chi connectivity index (χ2v) is 6.50. The van der Waals surface area contributed by atoms with Gasteiger partial charge in [-0.3, -0.25) is 4.79 Å². The van der Waals surface area contributed by atoms with Crippen LogP contribution in [0.25, 0.3) is 0 Å². The van der Waals surface area contributed by atoms with Crippen LogP contribution < -0.4 is 19.5 Å². The lowest BCUT2D eigenvalue weighted by atomic mass is 9.88. The zero-order valence-corrected chi connectivity index (χ0v) is 15.5. The van der Waals surface area contributed by atoms with Crippen LogP contribution in [0.15, 0.2) is 36.4 Å². The van der Waals surface area contributed by atoms with Gasteiger partial charge in [0.1, 0.15) is 0 Å². The zero-order valence-electron chi connectivity index (χ0n) is 15.5. The standard InChI is InChI=1S/C21H25NO4/c1-14-11-18(24-2)21(19(12-14)25-3)26-13-20(23)22-17-10-6-8-15-7-4-5-9-16(15)17/h4-5,7,9,11-12,17H,6,8,10,13H2,1-3H3,(H,22,23). The molecule has 26 heavy (non-hydrogen) atoms. The van der Waals surface area contributed by atoms with E-state index in [0.717, 1.165) is 24.8 Å². The normalized spacial score (nSPS) is 15.7. The number of methoxy groups -OCH3 is 2. The highest BCUT2D eigenvalue weighted by molar-refractivity contribution is 5.78. The Labute approximate surface area is 154 Å². The number of hydrogen-bond donors (Lipinski definition) is 1. The third kappa shape index (κ3) is 3.93. The number of ether oxygens (including phenoxy) is 3. The number of carbonyl (C=O) groups excluding carboxylic acids is 1. The van der Waals surface area contributed by atoms with Crippen molar-refractivity contribution < 1.29 is 19.0 Å². The number of aryl methyl sites for hydroxylation is 2. The van der Waals surface area contributed by atoms with E-state index in [9.17, 15) is 4.79 Å². The van der Waals surface area contributed by atoms with Crippen molar-refractivity contribution in [3.8, 4) is 17.2 Å². The van der Waals surface area contributed by atoms with Gasteiger partial charge in [-0.25, -0.2) is 0 Å². The molecule has 1 unspecified atom stereocenters. The van der Waals surface area contributed by atoms with Crippen LogP contribution in [-0.2, 0) is 11.2 Å². The van der Waals surface area contributed by atoms with E-state index in [0.29, 0.717) is 17.2 Å². The largest absolute Gasteiger partial charge is 0.493 e. The summed E-state index contributed by atoms with van der Waals surface area (Å²) in [7, 11) is 3.14. The lowest BCUT2D eigenvalue weighted by Gasteiger charge is -2.26. The monoisotopic (exact) mass is 355 g/mol. The number of amides is 1. The Balaban J connectivity index is 1.67. The van der Waals surface area contributed by atoms with Gasteiger partial charge in [0.05, 0.1) is 20.3 Å². The SMILES string of the molecule is COc1cc(C)cc(OC)c1OCC(=O)NC1CCCc2ccccc21. The third-order valence-electron chi connectivity index (χ3n) is 4.66. The van der Waals surface area contributed by atoms with Crippen molar-refractivity contribution in [2.24, 2.45) is 0 Å². The predicted molar refractivity (Wildman–Crippen MR) is 100 cm³/mol. The van der Waals surface area contributed by atoms with Crippen LogP contribution in [0.4, 0.5) is 0 Å². The Hall–Kier alpha value is -2.69. The molecule has 5 heteroatoms. The van der Waals surface area contributed by atoms with Crippen molar-refractivity contribution in [3.63, 3.8) is 0 Å². The number of rotatable bonds is 6. The highest BCUT2D eigenvalue weighted by Crippen LogP contribution is 2.38. The predicted octanol–water partition coefficient (Wildman–Crippen LogP) is 3.58. The fraction of sp³-hybridized carbons (Fsp3) is 0.381. The molecule has 138 valence electrons. The lowest BCUT2D eigenvalue weighted by molar-refractivity contribution is -0.124. The minimum atomic E-state index is -0.156. The molecule has 5 nitrogen and oxygen atoms in total. The zero-order chi connectivity index (χ0) is 18.5. The summed E-state index contributed by atoms with van der Waals surface area (Å²) >= 11 is 0. The molecule has 2 aromatic carbocycles. The first kappa shape index (κ1) is 18.1. The summed E-state index contributed by atoms with van der Waals surface area (Å²) in [4.78, 5) is 12.4. The Morgan fingerprint density at radius 3 is 2.54 bits per heavy atom. The molecule has 2 aromatic rings. The van der Waals surface area contributed by atoms with E-state index < -0.39 is 0 Å². The molecule has 0 aromatic heterocycles. The van der Waals surface area contributed by atoms with E-state index >= 15 is 0 Å². The molecule has 1 N–H and O–H groups in total. The molecule has 0 aliphatic heterocycles. The van der Waals surface area contributed by atoms with Crippen LogP contribution in [-0.4, -0.2) is 26.7 Å². The van der Waals surface area contributed by atoms with E-state index in [-0.39, 0.29) is 18.6 Å². The van der Waals surface area contributed by atoms with Crippen LogP contribution in [0, 0.1) is 6.92 Å². The van der Waals surface area contributed by atoms with Crippen molar-refractivity contribution in [1.29, 1.82) is 0 Å². The van der Waals surface area contributed by atoms with E-state index in [1.54, 1.807) is 14.2 Å². The average Bonchev–Trinajstić information content (AvgIpc) is 2.66. The van der Waals surface area contributed by atoms with Crippen molar-refractivity contribution >= 4 is 5.91 Å². The first-order valence-electron chi connectivity index (χ1n) is 8.85. The van der Waals surface area contributed by atoms with E-state index in [4.69, 9.17) is 14.2 Å². The van der Waals surface area contributed by atoms with Crippen LogP contribution in [0.1, 0.15) is 35.6 Å². The minimum Gasteiger partial charge on any atom is -0.493 e. The van der Waals surface area contributed by atoms with E-state index in [1.807, 2.05) is 31.2 Å². The second kappa shape index (κ2) is 8.13. The summed E-state index contributed by atoms with van der Waals surface area (Å²) in [6, 6.07) is 12.0. The first-order chi connectivity index (χ1) is 12.6. The minimum absolute atomic E-state index is 0.0397. The van der Waals surface area contributed by atoms with Gasteiger partial charge in [-0.05, 0) is 55.0 Å². The topological polar surface area (TPSA) is 56.8 Å². The maximum Gasteiger partial charge on any atom is 0.258 e. The first-order valence-corrected chi connectivity index (χ1v) is 8.85. The highest BCUT2D eigenvalue weighted by Gasteiger charge is 2.22. The summed E-state index contributed by atoms with van der Waals surface area (Å²) in [5.41, 5.74) is 3.51. The fourth-order valence-corrected chi connectivity index (χ4v) is 3.43. The number of nitrogens with one attached hydrogen (secondary N) is 1. The molecular formula is C21H25NO4. The molecule has 0 bridgehead atoms. The highest BCUT2D eigenvalue weighted by atomic mass is 16.5. The Morgan fingerprint density at radius 1 is 1.15 bits per heavy atom. The number of carbonyl (C=O) groups is 1. The molecule has 0 radical (unpaired) electrons. The van der Waals surface area contributed by atoms with E-state index in [2.05, 4.69) is 17.4 Å². The molecule has 1 atom stereocenters. The Bertz CT molecular complexity index is 762. The summed E-state index contributed by atoms with van der Waals surface area (Å²) in [6.07, 6.45) is 3.08. The van der Waals surface area contributed by atoms with Crippen LogP contribution in [0.5, 0.6) is 17.2 Å². The van der Waals surface area contributed by atoms with Gasteiger partial charge < -0.3 is 19.5 Å². The summed E-state index contributed by atoms with van der Waals surface area (Å²) < 4.78 is 16.5. The van der Waals surface area contributed by atoms with Gasteiger partial charge in [0.25, 0.3) is 5.91 Å². The van der Waals surface area contributed by atoms with Crippen molar-refractivity contribution in [1.82, 2.24) is 5.32 Å². The van der Waals surface area contributed by atoms with Crippen LogP contribution >= 0.6 is 0 Å². The number of hydrogen-bond acceptors (Lipinski definition) is 4. The molecular weight excluding hydrogens is 330 g/mol. The van der Waals surface area contributed by atoms with Crippen LogP contribution in [0.3, 0.4) is 0 Å². The smallest absolute Gasteiger partial charge is 0.258 e. The number of fused-ring (bicyclic) bond motifs is 1. The van der Waals surface area contributed by atoms with Gasteiger partial charge in [-0.1, -0.05) is 24.3 Å². The van der Waals surface area contributed by atoms with Crippen molar-refractivity contribution in [2.45, 2.75) is 32.2 Å². The third-order valence-corrected chi connectivity index (χ3v) is 4.66. The quantitative estimate of drug-likeness (QED) is 0.860. The number of benzene rings is 2. The second-order valence-electron chi connectivity index (χ2n) is 6.50. The van der Waals surface area contributed by atoms with Gasteiger partial charge in [0.15, 0.2) is 18.1 Å². The van der Waals surface area contributed by atoms with E-state index in [1.165, 1.54) is 11.1 Å². The van der Waals surface area contributed by atoms with Gasteiger partial charge in [0.2, 0.25) is 5.75 Å². The molecule has 1 aliphatic rings. The van der Waals surface area contributed by atoms with Gasteiger partial charge >= 0.3 is 0 Å². The summed E-state index contributed by atoms with van der Waals surface area (Å²) in [6.45, 7) is 1.86. The summed E-state index contributed by atoms with van der Waals surface area (Å²) in [5.74, 6) is 1.39. The molecule has 0 saturated heterocycles. The Kier molecular flexibility index (Phi) is 5.66. The van der Waals surface area contributed by atoms with Gasteiger partial charge in [-0.2, -0.15) is 0 Å². The maximum absolute atomic E-state index is 12.4. The molecule has 0 spiro atoms. The molecule has 0 fully saturated rings. The molecule has 0 saturated carbocycles. The lowest BCUT2D eigenvalue weighted by Crippen LogP contribution is -2.34. The van der Waals surface area contributed by atoms with Crippen LogP contribution in [0.2, 0.25) is 0 Å². The molecule has 0 heterocycles. The maximum atomic E-state index is 12.4. The molecule has 3 rings (SSSR count). The van der Waals surface area contributed by atoms with Gasteiger partial charge in [-0.15, -0.1) is 0 Å². The Morgan fingerprint density at radius 2 is 1.85 bits per heavy atom. The molecule has 1 amide bonds. The van der Waals surface area contributed by atoms with Crippen molar-refractivity contribution in [3.05, 3.63) is 53.1 Å². The molecule has 1 aliphatic carbocycles.